The number of fused-ring (bicyclic) bond motifs is 1. The van der Waals surface area contributed by atoms with Crippen LogP contribution in [0.25, 0.3) is 10.9 Å². The number of halogens is 4. The molecule has 0 unspecified atom stereocenters. The van der Waals surface area contributed by atoms with Crippen LogP contribution in [0.2, 0.25) is 5.15 Å². The Balaban J connectivity index is 1.40. The van der Waals surface area contributed by atoms with E-state index in [-0.39, 0.29) is 0 Å². The van der Waals surface area contributed by atoms with Crippen LogP contribution in [-0.2, 0) is 12.7 Å². The maximum Gasteiger partial charge on any atom is 0.417 e. The quantitative estimate of drug-likeness (QED) is 0.394. The fourth-order valence-corrected chi connectivity index (χ4v) is 4.16. The largest absolute Gasteiger partial charge is 0.417 e. The molecule has 0 radical (unpaired) electrons. The number of benzene rings is 1. The number of rotatable bonds is 4. The molecule has 0 amide bonds. The van der Waals surface area contributed by atoms with Gasteiger partial charge in [-0.2, -0.15) is 13.2 Å². The van der Waals surface area contributed by atoms with Gasteiger partial charge in [0.05, 0.1) is 11.1 Å². The highest BCUT2D eigenvalue weighted by Gasteiger charge is 2.31. The highest BCUT2D eigenvalue weighted by molar-refractivity contribution is 7.98. The van der Waals surface area contributed by atoms with E-state index in [4.69, 9.17) is 11.6 Å². The first-order valence-corrected chi connectivity index (χ1v) is 11.1. The van der Waals surface area contributed by atoms with E-state index in [1.54, 1.807) is 11.8 Å². The number of alkyl halides is 3. The molecule has 4 rings (SSSR count). The molecule has 1 aliphatic rings. The zero-order chi connectivity index (χ0) is 21.3. The van der Waals surface area contributed by atoms with Crippen molar-refractivity contribution in [2.24, 2.45) is 0 Å². The van der Waals surface area contributed by atoms with Crippen molar-refractivity contribution in [3.8, 4) is 0 Å². The Bertz CT molecular complexity index is 1030. The second kappa shape index (κ2) is 8.61. The van der Waals surface area contributed by atoms with Crippen molar-refractivity contribution in [2.45, 2.75) is 17.6 Å². The van der Waals surface area contributed by atoms with Crippen LogP contribution in [0.4, 0.5) is 19.0 Å². The van der Waals surface area contributed by atoms with Crippen molar-refractivity contribution in [1.82, 2.24) is 14.9 Å². The summed E-state index contributed by atoms with van der Waals surface area (Å²) in [5, 5.41) is 1.56. The summed E-state index contributed by atoms with van der Waals surface area (Å²) < 4.78 is 38.1. The molecule has 3 heterocycles. The first-order chi connectivity index (χ1) is 14.3. The highest BCUT2D eigenvalue weighted by Crippen LogP contribution is 2.30. The van der Waals surface area contributed by atoms with Gasteiger partial charge < -0.3 is 4.90 Å². The van der Waals surface area contributed by atoms with Gasteiger partial charge in [-0.1, -0.05) is 17.7 Å². The third-order valence-corrected chi connectivity index (χ3v) is 6.27. The molecule has 1 saturated heterocycles. The molecule has 9 heteroatoms. The lowest BCUT2D eigenvalue weighted by molar-refractivity contribution is -0.137. The van der Waals surface area contributed by atoms with E-state index in [1.165, 1.54) is 6.07 Å². The standard InChI is InChI=1S/C21H20ClF3N4S/c1-30-17-4-2-14-10-15(20(22)27-18(14)11-17)13-28-6-8-29(9-7-28)19-5-3-16(12-26-19)21(23,24)25/h2-5,10-12H,6-9,13H2,1H3. The molecule has 0 saturated carbocycles. The molecular formula is C21H20ClF3N4S. The number of hydrogen-bond donors (Lipinski definition) is 0. The molecular weight excluding hydrogens is 433 g/mol. The Labute approximate surface area is 182 Å². The zero-order valence-corrected chi connectivity index (χ0v) is 17.9. The summed E-state index contributed by atoms with van der Waals surface area (Å²) in [6.07, 6.45) is -1.45. The van der Waals surface area contributed by atoms with Crippen LogP contribution in [0.5, 0.6) is 0 Å². The van der Waals surface area contributed by atoms with Crippen molar-refractivity contribution in [3.05, 3.63) is 58.9 Å². The maximum absolute atomic E-state index is 12.7. The Hall–Kier alpha value is -2.03. The number of aromatic nitrogens is 2. The van der Waals surface area contributed by atoms with Crippen LogP contribution >= 0.6 is 23.4 Å². The van der Waals surface area contributed by atoms with E-state index in [2.05, 4.69) is 33.1 Å². The summed E-state index contributed by atoms with van der Waals surface area (Å²) in [4.78, 5) is 14.0. The number of nitrogens with zero attached hydrogens (tertiary/aromatic N) is 4. The average Bonchev–Trinajstić information content (AvgIpc) is 2.74. The average molecular weight is 453 g/mol. The van der Waals surface area contributed by atoms with Gasteiger partial charge in [-0.25, -0.2) is 9.97 Å². The van der Waals surface area contributed by atoms with Gasteiger partial charge in [0.25, 0.3) is 0 Å². The van der Waals surface area contributed by atoms with Gasteiger partial charge in [0.1, 0.15) is 11.0 Å². The molecule has 158 valence electrons. The van der Waals surface area contributed by atoms with Crippen LogP contribution in [0.1, 0.15) is 11.1 Å². The molecule has 0 atom stereocenters. The molecule has 0 bridgehead atoms. The Morgan fingerprint density at radius 3 is 2.47 bits per heavy atom. The van der Waals surface area contributed by atoms with Crippen molar-refractivity contribution < 1.29 is 13.2 Å². The van der Waals surface area contributed by atoms with Crippen LogP contribution in [0.15, 0.2) is 47.5 Å². The second-order valence-corrected chi connectivity index (χ2v) is 8.40. The number of piperazine rings is 1. The Morgan fingerprint density at radius 2 is 1.83 bits per heavy atom. The minimum atomic E-state index is -4.37. The third kappa shape index (κ3) is 4.66. The molecule has 1 aliphatic heterocycles. The second-order valence-electron chi connectivity index (χ2n) is 7.16. The van der Waals surface area contributed by atoms with Gasteiger partial charge in [0.2, 0.25) is 0 Å². The summed E-state index contributed by atoms with van der Waals surface area (Å²) in [6, 6.07) is 10.8. The highest BCUT2D eigenvalue weighted by atomic mass is 35.5. The summed E-state index contributed by atoms with van der Waals surface area (Å²) in [5.74, 6) is 0.567. The number of hydrogen-bond acceptors (Lipinski definition) is 5. The van der Waals surface area contributed by atoms with Crippen molar-refractivity contribution in [2.75, 3.05) is 37.3 Å². The van der Waals surface area contributed by atoms with E-state index < -0.39 is 11.7 Å². The Morgan fingerprint density at radius 1 is 1.07 bits per heavy atom. The van der Waals surface area contributed by atoms with Crippen molar-refractivity contribution in [1.29, 1.82) is 0 Å². The van der Waals surface area contributed by atoms with Crippen molar-refractivity contribution in [3.63, 3.8) is 0 Å². The predicted molar refractivity (Wildman–Crippen MR) is 115 cm³/mol. The fraction of sp³-hybridized carbons (Fsp3) is 0.333. The van der Waals surface area contributed by atoms with Gasteiger partial charge in [0.15, 0.2) is 0 Å². The zero-order valence-electron chi connectivity index (χ0n) is 16.3. The van der Waals surface area contributed by atoms with E-state index in [9.17, 15) is 13.2 Å². The fourth-order valence-electron chi connectivity index (χ4n) is 3.52. The number of anilines is 1. The molecule has 0 N–H and O–H groups in total. The lowest BCUT2D eigenvalue weighted by Crippen LogP contribution is -2.46. The molecule has 30 heavy (non-hydrogen) atoms. The topological polar surface area (TPSA) is 32.3 Å². The SMILES string of the molecule is CSc1ccc2cc(CN3CCN(c4ccc(C(F)(F)F)cn4)CC3)c(Cl)nc2c1. The first-order valence-electron chi connectivity index (χ1n) is 9.47. The van der Waals surface area contributed by atoms with E-state index >= 15 is 0 Å². The van der Waals surface area contributed by atoms with Crippen LogP contribution in [-0.4, -0.2) is 47.3 Å². The number of pyridine rings is 2. The lowest BCUT2D eigenvalue weighted by atomic mass is 10.1. The summed E-state index contributed by atoms with van der Waals surface area (Å²) in [7, 11) is 0. The van der Waals surface area contributed by atoms with Crippen molar-refractivity contribution >= 4 is 40.1 Å². The molecule has 0 aliphatic carbocycles. The normalized spacial score (nSPS) is 15.7. The van der Waals surface area contributed by atoms with Crippen LogP contribution in [0, 0.1) is 0 Å². The first kappa shape index (κ1) is 21.2. The Kier molecular flexibility index (Phi) is 6.09. The van der Waals surface area contributed by atoms with Gasteiger partial charge >= 0.3 is 6.18 Å². The van der Waals surface area contributed by atoms with Crippen LogP contribution in [0.3, 0.4) is 0 Å². The molecule has 1 aromatic carbocycles. The van der Waals surface area contributed by atoms with Gasteiger partial charge in [-0.05, 0) is 36.6 Å². The van der Waals surface area contributed by atoms with E-state index in [0.717, 1.165) is 46.7 Å². The van der Waals surface area contributed by atoms with Crippen LogP contribution < -0.4 is 4.90 Å². The molecule has 2 aromatic heterocycles. The van der Waals surface area contributed by atoms with E-state index in [1.807, 2.05) is 17.2 Å². The molecule has 1 fully saturated rings. The van der Waals surface area contributed by atoms with Gasteiger partial charge in [-0.3, -0.25) is 4.90 Å². The maximum atomic E-state index is 12.7. The van der Waals surface area contributed by atoms with Gasteiger partial charge in [0, 0.05) is 54.8 Å². The molecule has 4 nitrogen and oxygen atoms in total. The minimum Gasteiger partial charge on any atom is -0.354 e. The van der Waals surface area contributed by atoms with Gasteiger partial charge in [-0.15, -0.1) is 11.8 Å². The summed E-state index contributed by atoms with van der Waals surface area (Å²) >= 11 is 8.10. The molecule has 3 aromatic rings. The van der Waals surface area contributed by atoms with E-state index in [0.29, 0.717) is 30.6 Å². The third-order valence-electron chi connectivity index (χ3n) is 5.22. The lowest BCUT2D eigenvalue weighted by Gasteiger charge is -2.35. The monoisotopic (exact) mass is 452 g/mol. The summed E-state index contributed by atoms with van der Waals surface area (Å²) in [5.41, 5.74) is 1.13. The minimum absolute atomic E-state index is 0.507. The smallest absolute Gasteiger partial charge is 0.354 e. The molecule has 0 spiro atoms. The predicted octanol–water partition coefficient (Wildman–Crippen LogP) is 5.35. The summed E-state index contributed by atoms with van der Waals surface area (Å²) in [6.45, 7) is 3.59. The number of thioether (sulfide) groups is 1.